The van der Waals surface area contributed by atoms with Crippen molar-refractivity contribution in [3.63, 3.8) is 0 Å². The lowest BCUT2D eigenvalue weighted by Gasteiger charge is -2.11. The Morgan fingerprint density at radius 3 is 2.55 bits per heavy atom. The minimum absolute atomic E-state index is 0.235. The standard InChI is InChI=1S/C16H16ClN3O2/c1-2-18-15(21)13-8-3-4-9-14(13)20-16(22)19-12-7-5-6-11(17)10-12/h3-10H,2H2,1H3,(H,18,21)(H2,19,20,22). The molecule has 0 bridgehead atoms. The van der Waals surface area contributed by atoms with Crippen LogP contribution in [0.2, 0.25) is 5.02 Å². The number of carbonyl (C=O) groups excluding carboxylic acids is 2. The molecule has 0 spiro atoms. The summed E-state index contributed by atoms with van der Waals surface area (Å²) in [5.74, 6) is -0.235. The molecule has 114 valence electrons. The van der Waals surface area contributed by atoms with Crippen LogP contribution in [0.15, 0.2) is 48.5 Å². The first-order valence-electron chi connectivity index (χ1n) is 6.81. The van der Waals surface area contributed by atoms with Crippen LogP contribution >= 0.6 is 11.6 Å². The summed E-state index contributed by atoms with van der Waals surface area (Å²) in [5.41, 5.74) is 1.42. The monoisotopic (exact) mass is 317 g/mol. The second kappa shape index (κ2) is 7.47. The van der Waals surface area contributed by atoms with Crippen LogP contribution < -0.4 is 16.0 Å². The SMILES string of the molecule is CCNC(=O)c1ccccc1NC(=O)Nc1cccc(Cl)c1. The van der Waals surface area contributed by atoms with E-state index in [0.29, 0.717) is 28.5 Å². The third-order valence-corrected chi connectivity index (χ3v) is 3.07. The van der Waals surface area contributed by atoms with Gasteiger partial charge in [-0.3, -0.25) is 4.79 Å². The molecule has 22 heavy (non-hydrogen) atoms. The van der Waals surface area contributed by atoms with Crippen molar-refractivity contribution in [2.75, 3.05) is 17.2 Å². The Hall–Kier alpha value is -2.53. The van der Waals surface area contributed by atoms with E-state index in [0.717, 1.165) is 0 Å². The summed E-state index contributed by atoms with van der Waals surface area (Å²) in [6.45, 7) is 2.35. The maximum Gasteiger partial charge on any atom is 0.323 e. The van der Waals surface area contributed by atoms with Crippen molar-refractivity contribution in [1.29, 1.82) is 0 Å². The predicted molar refractivity (Wildman–Crippen MR) is 88.5 cm³/mol. The number of benzene rings is 2. The molecule has 5 nitrogen and oxygen atoms in total. The minimum atomic E-state index is -0.445. The lowest BCUT2D eigenvalue weighted by molar-refractivity contribution is 0.0956. The molecule has 2 aromatic carbocycles. The van der Waals surface area contributed by atoms with Gasteiger partial charge in [-0.25, -0.2) is 4.79 Å². The number of halogens is 1. The van der Waals surface area contributed by atoms with Gasteiger partial charge >= 0.3 is 6.03 Å². The quantitative estimate of drug-likeness (QED) is 0.804. The number of carbonyl (C=O) groups is 2. The average Bonchev–Trinajstić information content (AvgIpc) is 2.48. The van der Waals surface area contributed by atoms with Crippen molar-refractivity contribution in [3.8, 4) is 0 Å². The molecule has 0 radical (unpaired) electrons. The first-order chi connectivity index (χ1) is 10.6. The van der Waals surface area contributed by atoms with Gasteiger partial charge in [-0.2, -0.15) is 0 Å². The number of urea groups is 1. The zero-order valence-corrected chi connectivity index (χ0v) is 12.8. The Bertz CT molecular complexity index is 689. The third-order valence-electron chi connectivity index (χ3n) is 2.84. The summed E-state index contributed by atoms with van der Waals surface area (Å²) in [7, 11) is 0. The molecule has 0 aliphatic carbocycles. The molecule has 2 rings (SSSR count). The van der Waals surface area contributed by atoms with Gasteiger partial charge in [-0.05, 0) is 37.3 Å². The highest BCUT2D eigenvalue weighted by Gasteiger charge is 2.12. The molecule has 0 fully saturated rings. The number of hydrogen-bond donors (Lipinski definition) is 3. The van der Waals surface area contributed by atoms with Gasteiger partial charge in [0.2, 0.25) is 0 Å². The molecule has 2 aromatic rings. The number of para-hydroxylation sites is 1. The molecule has 3 N–H and O–H groups in total. The molecule has 6 heteroatoms. The maximum absolute atomic E-state index is 12.0. The van der Waals surface area contributed by atoms with Crippen LogP contribution in [0.4, 0.5) is 16.2 Å². The predicted octanol–water partition coefficient (Wildman–Crippen LogP) is 3.73. The molecular weight excluding hydrogens is 302 g/mol. The molecule has 0 aliphatic heterocycles. The fourth-order valence-electron chi connectivity index (χ4n) is 1.90. The Morgan fingerprint density at radius 1 is 1.05 bits per heavy atom. The first-order valence-corrected chi connectivity index (χ1v) is 7.18. The van der Waals surface area contributed by atoms with E-state index in [9.17, 15) is 9.59 Å². The number of hydrogen-bond acceptors (Lipinski definition) is 2. The average molecular weight is 318 g/mol. The van der Waals surface area contributed by atoms with Gasteiger partial charge in [0.1, 0.15) is 0 Å². The fourth-order valence-corrected chi connectivity index (χ4v) is 2.09. The maximum atomic E-state index is 12.0. The summed E-state index contributed by atoms with van der Waals surface area (Å²) in [4.78, 5) is 24.0. The molecule has 3 amide bonds. The summed E-state index contributed by atoms with van der Waals surface area (Å²) >= 11 is 5.87. The van der Waals surface area contributed by atoms with Crippen LogP contribution in [-0.2, 0) is 0 Å². The van der Waals surface area contributed by atoms with Crippen molar-refractivity contribution in [2.24, 2.45) is 0 Å². The fraction of sp³-hybridized carbons (Fsp3) is 0.125. The van der Waals surface area contributed by atoms with E-state index >= 15 is 0 Å². The van der Waals surface area contributed by atoms with Gasteiger partial charge in [0.15, 0.2) is 0 Å². The lowest BCUT2D eigenvalue weighted by atomic mass is 10.1. The van der Waals surface area contributed by atoms with Crippen molar-refractivity contribution in [3.05, 3.63) is 59.1 Å². The molecule has 0 saturated heterocycles. The Kier molecular flexibility index (Phi) is 5.38. The lowest BCUT2D eigenvalue weighted by Crippen LogP contribution is -2.26. The molecular formula is C16H16ClN3O2. The summed E-state index contributed by atoms with van der Waals surface area (Å²) in [6.07, 6.45) is 0. The second-order valence-electron chi connectivity index (χ2n) is 4.49. The van der Waals surface area contributed by atoms with Crippen molar-refractivity contribution in [1.82, 2.24) is 5.32 Å². The summed E-state index contributed by atoms with van der Waals surface area (Å²) < 4.78 is 0. The van der Waals surface area contributed by atoms with Crippen LogP contribution in [0.5, 0.6) is 0 Å². The van der Waals surface area contributed by atoms with Gasteiger partial charge in [-0.15, -0.1) is 0 Å². The summed E-state index contributed by atoms with van der Waals surface area (Å²) in [6, 6.07) is 13.2. The Labute approximate surface area is 133 Å². The molecule has 0 saturated carbocycles. The Balaban J connectivity index is 2.10. The van der Waals surface area contributed by atoms with Gasteiger partial charge in [0.05, 0.1) is 11.3 Å². The van der Waals surface area contributed by atoms with E-state index in [2.05, 4.69) is 16.0 Å². The van der Waals surface area contributed by atoms with E-state index in [1.165, 1.54) is 0 Å². The second-order valence-corrected chi connectivity index (χ2v) is 4.93. The van der Waals surface area contributed by atoms with Crippen LogP contribution in [0, 0.1) is 0 Å². The van der Waals surface area contributed by atoms with E-state index in [1.54, 1.807) is 48.5 Å². The first kappa shape index (κ1) is 15.9. The molecule has 0 heterocycles. The topological polar surface area (TPSA) is 70.2 Å². The number of amides is 3. The normalized spacial score (nSPS) is 9.91. The van der Waals surface area contributed by atoms with Crippen LogP contribution in [0.1, 0.15) is 17.3 Å². The highest BCUT2D eigenvalue weighted by atomic mass is 35.5. The molecule has 0 unspecified atom stereocenters. The van der Waals surface area contributed by atoms with E-state index < -0.39 is 6.03 Å². The largest absolute Gasteiger partial charge is 0.352 e. The third kappa shape index (κ3) is 4.23. The van der Waals surface area contributed by atoms with Crippen molar-refractivity contribution in [2.45, 2.75) is 6.92 Å². The number of nitrogens with one attached hydrogen (secondary N) is 3. The van der Waals surface area contributed by atoms with Gasteiger partial charge in [0, 0.05) is 17.3 Å². The highest BCUT2D eigenvalue weighted by molar-refractivity contribution is 6.30. The minimum Gasteiger partial charge on any atom is -0.352 e. The van der Waals surface area contributed by atoms with Gasteiger partial charge in [0.25, 0.3) is 5.91 Å². The smallest absolute Gasteiger partial charge is 0.323 e. The van der Waals surface area contributed by atoms with Gasteiger partial charge < -0.3 is 16.0 Å². The van der Waals surface area contributed by atoms with E-state index in [4.69, 9.17) is 11.6 Å². The number of anilines is 2. The van der Waals surface area contributed by atoms with Crippen molar-refractivity contribution < 1.29 is 9.59 Å². The van der Waals surface area contributed by atoms with Crippen LogP contribution in [0.25, 0.3) is 0 Å². The Morgan fingerprint density at radius 2 is 1.82 bits per heavy atom. The summed E-state index contributed by atoms with van der Waals surface area (Å²) in [5, 5.41) is 8.56. The van der Waals surface area contributed by atoms with Gasteiger partial charge in [-0.1, -0.05) is 29.8 Å². The van der Waals surface area contributed by atoms with Crippen molar-refractivity contribution >= 4 is 34.9 Å². The molecule has 0 atom stereocenters. The van der Waals surface area contributed by atoms with Crippen LogP contribution in [-0.4, -0.2) is 18.5 Å². The van der Waals surface area contributed by atoms with E-state index in [-0.39, 0.29) is 5.91 Å². The molecule has 0 aromatic heterocycles. The molecule has 0 aliphatic rings. The zero-order valence-electron chi connectivity index (χ0n) is 12.0. The highest BCUT2D eigenvalue weighted by Crippen LogP contribution is 2.17. The van der Waals surface area contributed by atoms with E-state index in [1.807, 2.05) is 6.92 Å². The van der Waals surface area contributed by atoms with Crippen LogP contribution in [0.3, 0.4) is 0 Å². The number of rotatable bonds is 4. The zero-order chi connectivity index (χ0) is 15.9.